The van der Waals surface area contributed by atoms with Gasteiger partial charge in [-0.15, -0.1) is 0 Å². The van der Waals surface area contributed by atoms with Crippen molar-refractivity contribution in [1.82, 2.24) is 9.55 Å². The number of nitrogens with zero attached hydrogens (tertiary/aromatic N) is 2. The van der Waals surface area contributed by atoms with E-state index in [0.29, 0.717) is 13.0 Å². The first-order chi connectivity index (χ1) is 8.35. The number of aliphatic hydroxyl groups is 1. The summed E-state index contributed by atoms with van der Waals surface area (Å²) in [5.41, 5.74) is 8.89. The molecule has 90 valence electrons. The van der Waals surface area contributed by atoms with Gasteiger partial charge >= 0.3 is 0 Å². The zero-order valence-corrected chi connectivity index (χ0v) is 9.71. The van der Waals surface area contributed by atoms with E-state index in [1.807, 2.05) is 35.0 Å². The molecular weight excluding hydrogens is 214 g/mol. The number of hydrogen-bond donors (Lipinski definition) is 2. The van der Waals surface area contributed by atoms with E-state index in [-0.39, 0.29) is 6.61 Å². The predicted octanol–water partition coefficient (Wildman–Crippen LogP) is 0.908. The highest BCUT2D eigenvalue weighted by molar-refractivity contribution is 5.36. The molecule has 0 atom stereocenters. The molecule has 2 rings (SSSR count). The minimum Gasteiger partial charge on any atom is -0.396 e. The molecule has 0 unspecified atom stereocenters. The maximum atomic E-state index is 8.86. The fourth-order valence-corrected chi connectivity index (χ4v) is 1.84. The summed E-state index contributed by atoms with van der Waals surface area (Å²) in [6.07, 6.45) is 5.15. The minimum atomic E-state index is 0.183. The second-order valence-electron chi connectivity index (χ2n) is 3.93. The van der Waals surface area contributed by atoms with Crippen molar-refractivity contribution in [1.29, 1.82) is 0 Å². The average Bonchev–Trinajstić information content (AvgIpc) is 2.79. The van der Waals surface area contributed by atoms with Crippen molar-refractivity contribution in [3.8, 4) is 5.69 Å². The summed E-state index contributed by atoms with van der Waals surface area (Å²) in [5.74, 6) is 0. The van der Waals surface area contributed by atoms with E-state index < -0.39 is 0 Å². The molecule has 4 heteroatoms. The third kappa shape index (κ3) is 2.72. The van der Waals surface area contributed by atoms with E-state index in [4.69, 9.17) is 10.8 Å². The monoisotopic (exact) mass is 231 g/mol. The Kier molecular flexibility index (Phi) is 3.90. The Morgan fingerprint density at radius 2 is 1.94 bits per heavy atom. The van der Waals surface area contributed by atoms with E-state index in [2.05, 4.69) is 4.98 Å². The van der Waals surface area contributed by atoms with Crippen LogP contribution in [0.5, 0.6) is 0 Å². The molecule has 0 aliphatic heterocycles. The second kappa shape index (κ2) is 5.61. The molecule has 4 nitrogen and oxygen atoms in total. The molecule has 1 heterocycles. The average molecular weight is 231 g/mol. The molecule has 0 fully saturated rings. The molecule has 1 aromatic carbocycles. The standard InChI is InChI=1S/C13H17N3O/c14-7-5-13-9-15-10-16(13)12-3-1-11(2-4-12)6-8-17/h1-4,9-10,17H,5-8,14H2. The molecule has 0 aliphatic rings. The van der Waals surface area contributed by atoms with Crippen molar-refractivity contribution in [2.45, 2.75) is 12.8 Å². The summed E-state index contributed by atoms with van der Waals surface area (Å²) in [5, 5.41) is 8.86. The normalized spacial score (nSPS) is 10.7. The Morgan fingerprint density at radius 1 is 1.18 bits per heavy atom. The molecule has 0 saturated heterocycles. The van der Waals surface area contributed by atoms with E-state index in [0.717, 1.165) is 23.4 Å². The Balaban J connectivity index is 2.23. The van der Waals surface area contributed by atoms with Gasteiger partial charge in [0.15, 0.2) is 0 Å². The summed E-state index contributed by atoms with van der Waals surface area (Å²) in [7, 11) is 0. The predicted molar refractivity (Wildman–Crippen MR) is 67.1 cm³/mol. The SMILES string of the molecule is NCCc1cncn1-c1ccc(CCO)cc1. The van der Waals surface area contributed by atoms with Crippen molar-refractivity contribution >= 4 is 0 Å². The van der Waals surface area contributed by atoms with Crippen LogP contribution in [0.15, 0.2) is 36.8 Å². The van der Waals surface area contributed by atoms with Crippen LogP contribution in [-0.4, -0.2) is 27.8 Å². The topological polar surface area (TPSA) is 64.1 Å². The fourth-order valence-electron chi connectivity index (χ4n) is 1.84. The van der Waals surface area contributed by atoms with Gasteiger partial charge in [0.05, 0.1) is 6.33 Å². The molecule has 2 aromatic rings. The Hall–Kier alpha value is -1.65. The lowest BCUT2D eigenvalue weighted by Crippen LogP contribution is -2.07. The van der Waals surface area contributed by atoms with Gasteiger partial charge in [-0.25, -0.2) is 4.98 Å². The van der Waals surface area contributed by atoms with Crippen LogP contribution in [0.25, 0.3) is 5.69 Å². The third-order valence-corrected chi connectivity index (χ3v) is 2.73. The molecule has 1 aromatic heterocycles. The van der Waals surface area contributed by atoms with Gasteiger partial charge in [-0.1, -0.05) is 12.1 Å². The fraction of sp³-hybridized carbons (Fsp3) is 0.308. The number of nitrogens with two attached hydrogens (primary N) is 1. The van der Waals surface area contributed by atoms with Crippen LogP contribution < -0.4 is 5.73 Å². The number of hydrogen-bond acceptors (Lipinski definition) is 3. The Bertz CT molecular complexity index is 462. The molecule has 0 saturated carbocycles. The second-order valence-corrected chi connectivity index (χ2v) is 3.93. The maximum Gasteiger partial charge on any atom is 0.0994 e. The lowest BCUT2D eigenvalue weighted by atomic mass is 10.1. The summed E-state index contributed by atoms with van der Waals surface area (Å²) in [6, 6.07) is 8.12. The highest BCUT2D eigenvalue weighted by atomic mass is 16.2. The largest absolute Gasteiger partial charge is 0.396 e. The molecule has 0 aliphatic carbocycles. The van der Waals surface area contributed by atoms with Crippen molar-refractivity contribution in [2.75, 3.05) is 13.2 Å². The van der Waals surface area contributed by atoms with Gasteiger partial charge in [0.2, 0.25) is 0 Å². The van der Waals surface area contributed by atoms with Crippen molar-refractivity contribution in [3.63, 3.8) is 0 Å². The van der Waals surface area contributed by atoms with Gasteiger partial charge in [0.25, 0.3) is 0 Å². The third-order valence-electron chi connectivity index (χ3n) is 2.73. The van der Waals surface area contributed by atoms with Crippen molar-refractivity contribution in [3.05, 3.63) is 48.0 Å². The van der Waals surface area contributed by atoms with Crippen molar-refractivity contribution < 1.29 is 5.11 Å². The van der Waals surface area contributed by atoms with Gasteiger partial charge in [-0.2, -0.15) is 0 Å². The van der Waals surface area contributed by atoms with Crippen LogP contribution in [0.4, 0.5) is 0 Å². The number of imidazole rings is 1. The summed E-state index contributed by atoms with van der Waals surface area (Å²) < 4.78 is 2.04. The number of benzene rings is 1. The smallest absolute Gasteiger partial charge is 0.0994 e. The van der Waals surface area contributed by atoms with E-state index in [1.54, 1.807) is 6.33 Å². The van der Waals surface area contributed by atoms with Gasteiger partial charge in [0.1, 0.15) is 0 Å². The maximum absolute atomic E-state index is 8.86. The van der Waals surface area contributed by atoms with Crippen LogP contribution in [0.3, 0.4) is 0 Å². The zero-order chi connectivity index (χ0) is 12.1. The minimum absolute atomic E-state index is 0.183. The zero-order valence-electron chi connectivity index (χ0n) is 9.71. The van der Waals surface area contributed by atoms with Crippen LogP contribution in [0, 0.1) is 0 Å². The van der Waals surface area contributed by atoms with Crippen LogP contribution in [0.1, 0.15) is 11.3 Å². The van der Waals surface area contributed by atoms with Gasteiger partial charge in [-0.05, 0) is 30.7 Å². The summed E-state index contributed by atoms with van der Waals surface area (Å²) in [6.45, 7) is 0.803. The van der Waals surface area contributed by atoms with Crippen LogP contribution in [0.2, 0.25) is 0 Å². The molecule has 0 amide bonds. The number of aliphatic hydroxyl groups excluding tert-OH is 1. The van der Waals surface area contributed by atoms with Gasteiger partial charge in [0, 0.05) is 30.6 Å². The summed E-state index contributed by atoms with van der Waals surface area (Å²) in [4.78, 5) is 4.14. The van der Waals surface area contributed by atoms with Crippen LogP contribution >= 0.6 is 0 Å². The van der Waals surface area contributed by atoms with E-state index in [1.165, 1.54) is 0 Å². The lowest BCUT2D eigenvalue weighted by molar-refractivity contribution is 0.299. The highest BCUT2D eigenvalue weighted by Crippen LogP contribution is 2.13. The molecule has 0 bridgehead atoms. The van der Waals surface area contributed by atoms with E-state index >= 15 is 0 Å². The quantitative estimate of drug-likeness (QED) is 0.804. The number of aromatic nitrogens is 2. The Labute approximate surface area is 101 Å². The molecule has 0 spiro atoms. The first-order valence-electron chi connectivity index (χ1n) is 5.76. The Morgan fingerprint density at radius 3 is 2.59 bits per heavy atom. The lowest BCUT2D eigenvalue weighted by Gasteiger charge is -2.08. The molecule has 3 N–H and O–H groups in total. The first-order valence-corrected chi connectivity index (χ1v) is 5.76. The summed E-state index contributed by atoms with van der Waals surface area (Å²) >= 11 is 0. The number of rotatable bonds is 5. The molecule has 17 heavy (non-hydrogen) atoms. The van der Waals surface area contributed by atoms with Gasteiger partial charge < -0.3 is 15.4 Å². The highest BCUT2D eigenvalue weighted by Gasteiger charge is 2.03. The molecule has 0 radical (unpaired) electrons. The van der Waals surface area contributed by atoms with Gasteiger partial charge in [-0.3, -0.25) is 0 Å². The van der Waals surface area contributed by atoms with Crippen LogP contribution in [-0.2, 0) is 12.8 Å². The van der Waals surface area contributed by atoms with Crippen molar-refractivity contribution in [2.24, 2.45) is 5.73 Å². The first kappa shape index (κ1) is 11.8. The van der Waals surface area contributed by atoms with E-state index in [9.17, 15) is 0 Å². The molecular formula is C13H17N3O.